The summed E-state index contributed by atoms with van der Waals surface area (Å²) in [6.45, 7) is 0.226. The second kappa shape index (κ2) is 6.53. The van der Waals surface area contributed by atoms with E-state index in [1.165, 1.54) is 0 Å². The molecule has 3 rings (SSSR count). The minimum absolute atomic E-state index is 0.000172. The Hall–Kier alpha value is -2.80. The van der Waals surface area contributed by atoms with Crippen LogP contribution in [0.5, 0.6) is 11.5 Å². The number of anilines is 2. The van der Waals surface area contributed by atoms with Crippen LogP contribution in [0.15, 0.2) is 42.5 Å². The van der Waals surface area contributed by atoms with Crippen LogP contribution in [0.1, 0.15) is 5.56 Å². The van der Waals surface area contributed by atoms with Gasteiger partial charge in [0.05, 0.1) is 6.42 Å². The lowest BCUT2D eigenvalue weighted by Crippen LogP contribution is -2.19. The number of carboxylic acids is 1. The monoisotopic (exact) mass is 330 g/mol. The summed E-state index contributed by atoms with van der Waals surface area (Å²) in [7, 11) is 0. The summed E-state index contributed by atoms with van der Waals surface area (Å²) >= 11 is 5.26. The second-order valence-corrected chi connectivity index (χ2v) is 5.32. The highest BCUT2D eigenvalue weighted by Crippen LogP contribution is 2.34. The van der Waals surface area contributed by atoms with Crippen molar-refractivity contribution in [2.75, 3.05) is 17.4 Å². The minimum Gasteiger partial charge on any atom is -0.481 e. The average molecular weight is 330 g/mol. The maximum absolute atomic E-state index is 10.6. The third-order valence-electron chi connectivity index (χ3n) is 3.20. The van der Waals surface area contributed by atoms with E-state index in [9.17, 15) is 4.79 Å². The number of hydrogen-bond donors (Lipinski definition) is 3. The maximum Gasteiger partial charge on any atom is 0.307 e. The average Bonchev–Trinajstić information content (AvgIpc) is 2.96. The maximum atomic E-state index is 10.6. The molecule has 23 heavy (non-hydrogen) atoms. The van der Waals surface area contributed by atoms with Crippen molar-refractivity contribution >= 4 is 34.7 Å². The van der Waals surface area contributed by atoms with Crippen molar-refractivity contribution in [3.63, 3.8) is 0 Å². The van der Waals surface area contributed by atoms with Crippen LogP contribution in [-0.2, 0) is 11.2 Å². The molecule has 0 fully saturated rings. The number of aliphatic carboxylic acids is 1. The van der Waals surface area contributed by atoms with E-state index in [1.54, 1.807) is 24.3 Å². The van der Waals surface area contributed by atoms with Crippen molar-refractivity contribution in [3.05, 3.63) is 48.0 Å². The molecule has 1 aliphatic heterocycles. The molecule has 1 aliphatic rings. The van der Waals surface area contributed by atoms with Gasteiger partial charge in [-0.05, 0) is 42.0 Å². The van der Waals surface area contributed by atoms with Gasteiger partial charge in [-0.3, -0.25) is 4.79 Å². The van der Waals surface area contributed by atoms with Crippen LogP contribution in [0.3, 0.4) is 0 Å². The SMILES string of the molecule is O=C(O)Cc1ccc(NC(=S)Nc2ccc3c(c2)OCO3)cc1. The number of ether oxygens (including phenoxy) is 2. The Morgan fingerprint density at radius 1 is 1.04 bits per heavy atom. The van der Waals surface area contributed by atoms with Crippen LogP contribution in [0.2, 0.25) is 0 Å². The molecule has 1 heterocycles. The van der Waals surface area contributed by atoms with Gasteiger partial charge in [0.1, 0.15) is 0 Å². The Morgan fingerprint density at radius 2 is 1.70 bits per heavy atom. The molecule has 0 saturated carbocycles. The number of thiocarbonyl (C=S) groups is 1. The van der Waals surface area contributed by atoms with Gasteiger partial charge in [-0.2, -0.15) is 0 Å². The molecule has 3 N–H and O–H groups in total. The van der Waals surface area contributed by atoms with Crippen LogP contribution in [0, 0.1) is 0 Å². The van der Waals surface area contributed by atoms with Gasteiger partial charge in [-0.25, -0.2) is 0 Å². The predicted octanol–water partition coefficient (Wildman–Crippen LogP) is 2.85. The third kappa shape index (κ3) is 3.89. The smallest absolute Gasteiger partial charge is 0.307 e. The van der Waals surface area contributed by atoms with Crippen molar-refractivity contribution < 1.29 is 19.4 Å². The van der Waals surface area contributed by atoms with Crippen molar-refractivity contribution in [3.8, 4) is 11.5 Å². The molecule has 118 valence electrons. The first kappa shape index (κ1) is 15.1. The molecule has 2 aromatic rings. The van der Waals surface area contributed by atoms with E-state index in [2.05, 4.69) is 10.6 Å². The molecule has 0 unspecified atom stereocenters. The number of hydrogen-bond acceptors (Lipinski definition) is 4. The molecule has 7 heteroatoms. The lowest BCUT2D eigenvalue weighted by Gasteiger charge is -2.11. The number of rotatable bonds is 4. The lowest BCUT2D eigenvalue weighted by molar-refractivity contribution is -0.136. The van der Waals surface area contributed by atoms with Gasteiger partial charge in [-0.1, -0.05) is 12.1 Å². The van der Waals surface area contributed by atoms with E-state index in [0.717, 1.165) is 16.9 Å². The highest BCUT2D eigenvalue weighted by atomic mass is 32.1. The van der Waals surface area contributed by atoms with Crippen LogP contribution in [0.25, 0.3) is 0 Å². The molecule has 0 amide bonds. The number of carboxylic acid groups (broad SMARTS) is 1. The van der Waals surface area contributed by atoms with Crippen LogP contribution in [-0.4, -0.2) is 23.0 Å². The van der Waals surface area contributed by atoms with Gasteiger partial charge >= 0.3 is 5.97 Å². The summed E-state index contributed by atoms with van der Waals surface area (Å²) in [5, 5.41) is 15.3. The molecule has 6 nitrogen and oxygen atoms in total. The van der Waals surface area contributed by atoms with E-state index in [4.69, 9.17) is 26.8 Å². The Morgan fingerprint density at radius 3 is 2.43 bits per heavy atom. The summed E-state index contributed by atoms with van der Waals surface area (Å²) in [5.41, 5.74) is 2.30. The molecule has 0 bridgehead atoms. The van der Waals surface area contributed by atoms with Crippen LogP contribution >= 0.6 is 12.2 Å². The number of benzene rings is 2. The van der Waals surface area contributed by atoms with Gasteiger partial charge in [0.15, 0.2) is 16.6 Å². The summed E-state index contributed by atoms with van der Waals surface area (Å²) in [5.74, 6) is 0.532. The Bertz CT molecular complexity index is 746. The fraction of sp³-hybridized carbons (Fsp3) is 0.125. The van der Waals surface area contributed by atoms with Gasteiger partial charge in [0.2, 0.25) is 6.79 Å². The molecular weight excluding hydrogens is 316 g/mol. The van der Waals surface area contributed by atoms with Gasteiger partial charge in [0, 0.05) is 17.4 Å². The standard InChI is InChI=1S/C16H14N2O4S/c19-15(20)7-10-1-3-11(4-2-10)17-16(23)18-12-5-6-13-14(8-12)22-9-21-13/h1-6,8H,7,9H2,(H,19,20)(H2,17,18,23). The molecule has 0 atom stereocenters. The van der Waals surface area contributed by atoms with E-state index in [-0.39, 0.29) is 13.2 Å². The Balaban J connectivity index is 1.59. The third-order valence-corrected chi connectivity index (χ3v) is 3.40. The largest absolute Gasteiger partial charge is 0.481 e. The molecule has 0 radical (unpaired) electrons. The van der Waals surface area contributed by atoms with Crippen molar-refractivity contribution in [2.45, 2.75) is 6.42 Å². The van der Waals surface area contributed by atoms with Crippen molar-refractivity contribution in [2.24, 2.45) is 0 Å². The molecule has 0 aliphatic carbocycles. The first-order chi connectivity index (χ1) is 11.1. The normalized spacial score (nSPS) is 11.8. The molecule has 0 spiro atoms. The zero-order valence-corrected chi connectivity index (χ0v) is 12.9. The zero-order valence-electron chi connectivity index (χ0n) is 12.0. The van der Waals surface area contributed by atoms with Crippen molar-refractivity contribution in [1.82, 2.24) is 0 Å². The van der Waals surface area contributed by atoms with Crippen LogP contribution in [0.4, 0.5) is 11.4 Å². The molecule has 0 aromatic heterocycles. The topological polar surface area (TPSA) is 79.8 Å². The summed E-state index contributed by atoms with van der Waals surface area (Å²) in [6.07, 6.45) is 0.000172. The fourth-order valence-electron chi connectivity index (χ4n) is 2.15. The van der Waals surface area contributed by atoms with Gasteiger partial charge in [0.25, 0.3) is 0 Å². The number of fused-ring (bicyclic) bond motifs is 1. The van der Waals surface area contributed by atoms with E-state index < -0.39 is 5.97 Å². The Labute approximate surface area is 138 Å². The molecular formula is C16H14N2O4S. The van der Waals surface area contributed by atoms with Crippen molar-refractivity contribution in [1.29, 1.82) is 0 Å². The van der Waals surface area contributed by atoms with E-state index >= 15 is 0 Å². The Kier molecular flexibility index (Phi) is 4.29. The molecule has 2 aromatic carbocycles. The van der Waals surface area contributed by atoms with Crippen LogP contribution < -0.4 is 20.1 Å². The summed E-state index contributed by atoms with van der Waals surface area (Å²) < 4.78 is 10.6. The van der Waals surface area contributed by atoms with E-state index in [1.807, 2.05) is 18.2 Å². The van der Waals surface area contributed by atoms with Gasteiger partial charge in [-0.15, -0.1) is 0 Å². The zero-order chi connectivity index (χ0) is 16.2. The molecule has 0 saturated heterocycles. The highest BCUT2D eigenvalue weighted by molar-refractivity contribution is 7.80. The first-order valence-electron chi connectivity index (χ1n) is 6.88. The summed E-state index contributed by atoms with van der Waals surface area (Å²) in [6, 6.07) is 12.5. The quantitative estimate of drug-likeness (QED) is 0.744. The highest BCUT2D eigenvalue weighted by Gasteiger charge is 2.13. The fourth-order valence-corrected chi connectivity index (χ4v) is 2.38. The predicted molar refractivity (Wildman–Crippen MR) is 90.2 cm³/mol. The van der Waals surface area contributed by atoms with Gasteiger partial charge < -0.3 is 25.2 Å². The van der Waals surface area contributed by atoms with E-state index in [0.29, 0.717) is 16.6 Å². The number of carbonyl (C=O) groups is 1. The number of nitrogens with one attached hydrogen (secondary N) is 2. The summed E-state index contributed by atoms with van der Waals surface area (Å²) in [4.78, 5) is 10.6. The first-order valence-corrected chi connectivity index (χ1v) is 7.29. The lowest BCUT2D eigenvalue weighted by atomic mass is 10.1. The second-order valence-electron chi connectivity index (χ2n) is 4.91. The minimum atomic E-state index is -0.856.